The molecule has 0 saturated heterocycles. The fourth-order valence-electron chi connectivity index (χ4n) is 2.89. The summed E-state index contributed by atoms with van der Waals surface area (Å²) >= 11 is 0. The van der Waals surface area contributed by atoms with Gasteiger partial charge in [0, 0.05) is 5.69 Å². The van der Waals surface area contributed by atoms with E-state index in [1.54, 1.807) is 0 Å². The predicted molar refractivity (Wildman–Crippen MR) is 78.1 cm³/mol. The first-order chi connectivity index (χ1) is 8.63. The second-order valence-electron chi connectivity index (χ2n) is 5.18. The Morgan fingerprint density at radius 1 is 1.39 bits per heavy atom. The molecule has 0 radical (unpaired) electrons. The molecule has 1 atom stereocenters. The number of hydrogen-bond donors (Lipinski definition) is 1. The van der Waals surface area contributed by atoms with Crippen molar-refractivity contribution in [3.8, 4) is 0 Å². The summed E-state index contributed by atoms with van der Waals surface area (Å²) in [7, 11) is 0. The number of guanidine groups is 1. The lowest BCUT2D eigenvalue weighted by atomic mass is 9.89. The summed E-state index contributed by atoms with van der Waals surface area (Å²) < 4.78 is 0. The number of rotatable bonds is 4. The number of benzene rings is 1. The topological polar surface area (TPSA) is 41.6 Å². The molecule has 0 spiro atoms. The summed E-state index contributed by atoms with van der Waals surface area (Å²) in [6.45, 7) is 7.38. The first kappa shape index (κ1) is 12.9. The van der Waals surface area contributed by atoms with Gasteiger partial charge >= 0.3 is 0 Å². The van der Waals surface area contributed by atoms with Crippen LogP contribution in [0, 0.1) is 6.92 Å². The van der Waals surface area contributed by atoms with E-state index >= 15 is 0 Å². The molecule has 1 heterocycles. The third-order valence-corrected chi connectivity index (χ3v) is 3.87. The van der Waals surface area contributed by atoms with Crippen molar-refractivity contribution in [3.05, 3.63) is 29.8 Å². The Morgan fingerprint density at radius 2 is 2.17 bits per heavy atom. The zero-order chi connectivity index (χ0) is 13.2. The van der Waals surface area contributed by atoms with E-state index in [1.807, 2.05) is 0 Å². The van der Waals surface area contributed by atoms with Crippen molar-refractivity contribution >= 4 is 11.6 Å². The molecule has 3 heteroatoms. The molecule has 0 bridgehead atoms. The van der Waals surface area contributed by atoms with Crippen LogP contribution in [0.25, 0.3) is 0 Å². The van der Waals surface area contributed by atoms with E-state index in [-0.39, 0.29) is 5.54 Å². The molecule has 1 aromatic carbocycles. The van der Waals surface area contributed by atoms with Crippen LogP contribution in [-0.2, 0) is 0 Å². The van der Waals surface area contributed by atoms with Gasteiger partial charge in [-0.1, -0.05) is 32.4 Å². The molecule has 2 N–H and O–H groups in total. The van der Waals surface area contributed by atoms with Crippen molar-refractivity contribution in [1.29, 1.82) is 0 Å². The van der Waals surface area contributed by atoms with Crippen LogP contribution in [0.3, 0.4) is 0 Å². The Balaban J connectivity index is 2.41. The van der Waals surface area contributed by atoms with Crippen molar-refractivity contribution in [2.75, 3.05) is 11.4 Å². The zero-order valence-electron chi connectivity index (χ0n) is 11.6. The van der Waals surface area contributed by atoms with E-state index in [1.165, 1.54) is 11.3 Å². The van der Waals surface area contributed by atoms with Crippen molar-refractivity contribution in [1.82, 2.24) is 0 Å². The van der Waals surface area contributed by atoms with Gasteiger partial charge in [-0.15, -0.1) is 0 Å². The molecular formula is C15H23N3. The van der Waals surface area contributed by atoms with Gasteiger partial charge < -0.3 is 10.6 Å². The minimum absolute atomic E-state index is 0.0760. The van der Waals surface area contributed by atoms with Gasteiger partial charge in [-0.25, -0.2) is 0 Å². The second kappa shape index (κ2) is 5.01. The summed E-state index contributed by atoms with van der Waals surface area (Å²) in [5.74, 6) is 0.663. The van der Waals surface area contributed by atoms with Crippen LogP contribution in [0.15, 0.2) is 29.3 Å². The van der Waals surface area contributed by atoms with Crippen LogP contribution in [0.5, 0.6) is 0 Å². The standard InChI is InChI=1S/C15H23N3/c1-4-9-15(5-2)11-17-14(16)18(15)13-8-6-7-12(3)10-13/h6-8,10H,4-5,9,11H2,1-3H3,(H2,16,17). The van der Waals surface area contributed by atoms with Gasteiger partial charge in [0.25, 0.3) is 0 Å². The van der Waals surface area contributed by atoms with Crippen LogP contribution in [0.2, 0.25) is 0 Å². The minimum atomic E-state index is 0.0760. The number of hydrogen-bond acceptors (Lipinski definition) is 3. The Kier molecular flexibility index (Phi) is 3.60. The van der Waals surface area contributed by atoms with E-state index in [0.717, 1.165) is 25.8 Å². The maximum atomic E-state index is 6.12. The maximum absolute atomic E-state index is 6.12. The number of aliphatic imine (C=N–C) groups is 1. The van der Waals surface area contributed by atoms with Gasteiger partial charge in [-0.2, -0.15) is 0 Å². The van der Waals surface area contributed by atoms with E-state index in [0.29, 0.717) is 5.96 Å². The Hall–Kier alpha value is -1.51. The number of anilines is 1. The highest BCUT2D eigenvalue weighted by Crippen LogP contribution is 2.35. The molecule has 0 aliphatic carbocycles. The van der Waals surface area contributed by atoms with Gasteiger partial charge in [0.05, 0.1) is 12.1 Å². The van der Waals surface area contributed by atoms with E-state index in [4.69, 9.17) is 5.73 Å². The Bertz CT molecular complexity index is 453. The van der Waals surface area contributed by atoms with E-state index < -0.39 is 0 Å². The molecule has 1 aliphatic heterocycles. The van der Waals surface area contributed by atoms with Crippen LogP contribution >= 0.6 is 0 Å². The Morgan fingerprint density at radius 3 is 2.78 bits per heavy atom. The summed E-state index contributed by atoms with van der Waals surface area (Å²) in [6.07, 6.45) is 3.35. The molecule has 0 fully saturated rings. The average Bonchev–Trinajstić information content (AvgIpc) is 2.68. The first-order valence-corrected chi connectivity index (χ1v) is 6.80. The van der Waals surface area contributed by atoms with E-state index in [9.17, 15) is 0 Å². The van der Waals surface area contributed by atoms with Gasteiger partial charge in [0.1, 0.15) is 0 Å². The lowest BCUT2D eigenvalue weighted by Gasteiger charge is -2.38. The summed E-state index contributed by atoms with van der Waals surface area (Å²) in [5, 5.41) is 0. The number of nitrogens with zero attached hydrogens (tertiary/aromatic N) is 2. The molecule has 98 valence electrons. The Labute approximate surface area is 110 Å². The molecule has 0 aromatic heterocycles. The van der Waals surface area contributed by atoms with Crippen molar-refractivity contribution in [2.24, 2.45) is 10.7 Å². The summed E-state index contributed by atoms with van der Waals surface area (Å²) in [5.41, 5.74) is 8.62. The van der Waals surface area contributed by atoms with Gasteiger partial charge in [-0.3, -0.25) is 4.99 Å². The zero-order valence-corrected chi connectivity index (χ0v) is 11.6. The normalized spacial score (nSPS) is 23.3. The molecule has 1 aliphatic rings. The largest absolute Gasteiger partial charge is 0.369 e. The van der Waals surface area contributed by atoms with Crippen LogP contribution in [0.4, 0.5) is 5.69 Å². The van der Waals surface area contributed by atoms with Crippen LogP contribution in [0.1, 0.15) is 38.7 Å². The molecule has 1 aromatic rings. The summed E-state index contributed by atoms with van der Waals surface area (Å²) in [6, 6.07) is 8.51. The quantitative estimate of drug-likeness (QED) is 0.885. The SMILES string of the molecule is CCCC1(CC)CN=C(N)N1c1cccc(C)c1. The van der Waals surface area contributed by atoms with Crippen LogP contribution in [-0.4, -0.2) is 18.0 Å². The van der Waals surface area contributed by atoms with E-state index in [2.05, 4.69) is 54.9 Å². The molecule has 0 saturated carbocycles. The molecule has 1 unspecified atom stereocenters. The van der Waals surface area contributed by atoms with Gasteiger partial charge in [0.15, 0.2) is 5.96 Å². The fraction of sp³-hybridized carbons (Fsp3) is 0.533. The highest BCUT2D eigenvalue weighted by atomic mass is 15.4. The lowest BCUT2D eigenvalue weighted by Crippen LogP contribution is -2.51. The van der Waals surface area contributed by atoms with Crippen LogP contribution < -0.4 is 10.6 Å². The number of nitrogens with two attached hydrogens (primary N) is 1. The predicted octanol–water partition coefficient (Wildman–Crippen LogP) is 3.08. The number of aryl methyl sites for hydroxylation is 1. The van der Waals surface area contributed by atoms with Gasteiger partial charge in [-0.05, 0) is 37.5 Å². The monoisotopic (exact) mass is 245 g/mol. The maximum Gasteiger partial charge on any atom is 0.196 e. The van der Waals surface area contributed by atoms with Crippen molar-refractivity contribution in [3.63, 3.8) is 0 Å². The van der Waals surface area contributed by atoms with Crippen molar-refractivity contribution < 1.29 is 0 Å². The van der Waals surface area contributed by atoms with Gasteiger partial charge in [0.2, 0.25) is 0 Å². The third-order valence-electron chi connectivity index (χ3n) is 3.87. The molecule has 18 heavy (non-hydrogen) atoms. The highest BCUT2D eigenvalue weighted by Gasteiger charge is 2.40. The molecule has 0 amide bonds. The van der Waals surface area contributed by atoms with Crippen molar-refractivity contribution in [2.45, 2.75) is 45.6 Å². The first-order valence-electron chi connectivity index (χ1n) is 6.80. The smallest absolute Gasteiger partial charge is 0.196 e. The second-order valence-corrected chi connectivity index (χ2v) is 5.18. The lowest BCUT2D eigenvalue weighted by molar-refractivity contribution is 0.404. The third kappa shape index (κ3) is 2.09. The summed E-state index contributed by atoms with van der Waals surface area (Å²) in [4.78, 5) is 6.73. The minimum Gasteiger partial charge on any atom is -0.369 e. The molecular weight excluding hydrogens is 222 g/mol. The average molecular weight is 245 g/mol. The molecule has 3 nitrogen and oxygen atoms in total. The fourth-order valence-corrected chi connectivity index (χ4v) is 2.89. The highest BCUT2D eigenvalue weighted by molar-refractivity contribution is 5.98. The molecule has 2 rings (SSSR count).